The number of halogens is 2. The highest BCUT2D eigenvalue weighted by atomic mass is 79.9. The van der Waals surface area contributed by atoms with Gasteiger partial charge < -0.3 is 4.42 Å². The molecule has 5 nitrogen and oxygen atoms in total. The highest BCUT2D eigenvalue weighted by Crippen LogP contribution is 2.31. The highest BCUT2D eigenvalue weighted by Gasteiger charge is 2.35. The number of aryl methyl sites for hydroxylation is 2. The van der Waals surface area contributed by atoms with E-state index in [0.29, 0.717) is 22.2 Å². The number of furan rings is 1. The van der Waals surface area contributed by atoms with E-state index in [1.54, 1.807) is 18.2 Å². The lowest BCUT2D eigenvalue weighted by molar-refractivity contribution is -0.122. The molecule has 0 aliphatic carbocycles. The summed E-state index contributed by atoms with van der Waals surface area (Å²) in [6.45, 7) is 3.87. The van der Waals surface area contributed by atoms with Crippen molar-refractivity contribution in [2.24, 2.45) is 0 Å². The van der Waals surface area contributed by atoms with E-state index in [1.807, 2.05) is 44.2 Å². The lowest BCUT2D eigenvalue weighted by atomic mass is 10.1. The van der Waals surface area contributed by atoms with Crippen molar-refractivity contribution >= 4 is 68.4 Å². The Morgan fingerprint density at radius 3 is 2.45 bits per heavy atom. The van der Waals surface area contributed by atoms with Crippen LogP contribution >= 0.6 is 39.7 Å². The molecule has 1 N–H and O–H groups in total. The summed E-state index contributed by atoms with van der Waals surface area (Å²) in [5, 5.41) is 3.18. The molecular formula is C23H16BrClN2O3S. The van der Waals surface area contributed by atoms with Crippen LogP contribution in [0.25, 0.3) is 17.4 Å². The average molecular weight is 516 g/mol. The van der Waals surface area contributed by atoms with Crippen molar-refractivity contribution in [2.75, 3.05) is 4.90 Å². The van der Waals surface area contributed by atoms with Crippen LogP contribution in [0.1, 0.15) is 16.9 Å². The first-order valence-corrected chi connectivity index (χ1v) is 10.9. The monoisotopic (exact) mass is 514 g/mol. The lowest BCUT2D eigenvalue weighted by Crippen LogP contribution is -2.54. The maximum absolute atomic E-state index is 13.2. The Hall–Kier alpha value is -2.74. The van der Waals surface area contributed by atoms with Gasteiger partial charge in [-0.2, -0.15) is 0 Å². The number of nitrogens with one attached hydrogen (secondary N) is 1. The zero-order valence-corrected chi connectivity index (χ0v) is 19.7. The second kappa shape index (κ2) is 8.42. The molecule has 1 aromatic heterocycles. The predicted octanol–water partition coefficient (Wildman–Crippen LogP) is 5.81. The van der Waals surface area contributed by atoms with E-state index in [1.165, 1.54) is 11.0 Å². The van der Waals surface area contributed by atoms with E-state index < -0.39 is 11.8 Å². The fraction of sp³-hybridized carbons (Fsp3) is 0.0870. The molecule has 8 heteroatoms. The largest absolute Gasteiger partial charge is 0.457 e. The Bertz CT molecular complexity index is 1260. The van der Waals surface area contributed by atoms with Crippen LogP contribution in [0.5, 0.6) is 0 Å². The number of thiocarbonyl (C=S) groups is 1. The summed E-state index contributed by atoms with van der Waals surface area (Å²) in [7, 11) is 0. The Morgan fingerprint density at radius 1 is 1.06 bits per heavy atom. The molecule has 31 heavy (non-hydrogen) atoms. The number of anilines is 1. The van der Waals surface area contributed by atoms with E-state index in [0.717, 1.165) is 21.2 Å². The van der Waals surface area contributed by atoms with Crippen LogP contribution in [0.3, 0.4) is 0 Å². The molecule has 2 heterocycles. The molecule has 1 aliphatic rings. The van der Waals surface area contributed by atoms with Crippen LogP contribution in [-0.2, 0) is 9.59 Å². The SMILES string of the molecule is Cc1cc(C)cc(N2C(=O)/C(=C/c3ccc(-c4ccc(Br)c(Cl)c4)o3)C(=O)NC2=S)c1. The summed E-state index contributed by atoms with van der Waals surface area (Å²) < 4.78 is 6.61. The predicted molar refractivity (Wildman–Crippen MR) is 129 cm³/mol. The normalized spacial score (nSPS) is 15.5. The summed E-state index contributed by atoms with van der Waals surface area (Å²) in [6.07, 6.45) is 1.42. The Morgan fingerprint density at radius 2 is 1.77 bits per heavy atom. The van der Waals surface area contributed by atoms with Gasteiger partial charge in [0.1, 0.15) is 17.1 Å². The van der Waals surface area contributed by atoms with Gasteiger partial charge in [0.2, 0.25) is 0 Å². The van der Waals surface area contributed by atoms with Gasteiger partial charge in [0.15, 0.2) is 5.11 Å². The molecule has 1 saturated heterocycles. The molecule has 0 unspecified atom stereocenters. The van der Waals surface area contributed by atoms with Gasteiger partial charge in [-0.15, -0.1) is 0 Å². The molecule has 0 saturated carbocycles. The smallest absolute Gasteiger partial charge is 0.270 e. The van der Waals surface area contributed by atoms with Crippen molar-refractivity contribution in [1.82, 2.24) is 5.32 Å². The van der Waals surface area contributed by atoms with Gasteiger partial charge in [0.25, 0.3) is 11.8 Å². The standard InChI is InChI=1S/C23H16BrClN2O3S/c1-12-7-13(2)9-15(8-12)27-22(29)17(21(28)26-23(27)31)11-16-4-6-20(30-16)14-3-5-18(24)19(25)10-14/h3-11H,1-2H3,(H,26,28,31)/b17-11+. The third kappa shape index (κ3) is 4.35. The molecule has 0 radical (unpaired) electrons. The summed E-state index contributed by atoms with van der Waals surface area (Å²) in [4.78, 5) is 27.0. The minimum Gasteiger partial charge on any atom is -0.457 e. The van der Waals surface area contributed by atoms with E-state index >= 15 is 0 Å². The van der Waals surface area contributed by atoms with E-state index in [-0.39, 0.29) is 10.7 Å². The first-order chi connectivity index (χ1) is 14.7. The minimum absolute atomic E-state index is 0.0433. The van der Waals surface area contributed by atoms with E-state index in [4.69, 9.17) is 28.2 Å². The Labute approximate surface area is 197 Å². The number of benzene rings is 2. The van der Waals surface area contributed by atoms with Crippen molar-refractivity contribution in [3.8, 4) is 11.3 Å². The number of hydrogen-bond acceptors (Lipinski definition) is 4. The van der Waals surface area contributed by atoms with Crippen LogP contribution in [0, 0.1) is 13.8 Å². The maximum atomic E-state index is 13.2. The molecule has 1 fully saturated rings. The molecule has 0 spiro atoms. The minimum atomic E-state index is -0.569. The number of nitrogens with zero attached hydrogens (tertiary/aromatic N) is 1. The van der Waals surface area contributed by atoms with E-state index in [9.17, 15) is 9.59 Å². The van der Waals surface area contributed by atoms with Gasteiger partial charge in [-0.25, -0.2) is 0 Å². The van der Waals surface area contributed by atoms with E-state index in [2.05, 4.69) is 21.2 Å². The number of carbonyl (C=O) groups is 2. The fourth-order valence-electron chi connectivity index (χ4n) is 3.35. The second-order valence-corrected chi connectivity index (χ2v) is 8.78. The zero-order valence-electron chi connectivity index (χ0n) is 16.5. The van der Waals surface area contributed by atoms with Crippen molar-refractivity contribution < 1.29 is 14.0 Å². The molecule has 2 amide bonds. The van der Waals surface area contributed by atoms with Gasteiger partial charge in [0.05, 0.1) is 10.7 Å². The summed E-state index contributed by atoms with van der Waals surface area (Å²) in [5.74, 6) is -0.156. The molecule has 1 aliphatic heterocycles. The van der Waals surface area contributed by atoms with Crippen molar-refractivity contribution in [3.63, 3.8) is 0 Å². The van der Waals surface area contributed by atoms with Crippen molar-refractivity contribution in [2.45, 2.75) is 13.8 Å². The van der Waals surface area contributed by atoms with Crippen molar-refractivity contribution in [3.05, 3.63) is 80.5 Å². The Balaban J connectivity index is 1.69. The van der Waals surface area contributed by atoms with Gasteiger partial charge in [-0.1, -0.05) is 23.7 Å². The number of amides is 2. The van der Waals surface area contributed by atoms with Crippen LogP contribution < -0.4 is 10.2 Å². The third-order valence-electron chi connectivity index (χ3n) is 4.68. The maximum Gasteiger partial charge on any atom is 0.270 e. The summed E-state index contributed by atoms with van der Waals surface area (Å²) >= 11 is 14.8. The topological polar surface area (TPSA) is 62.6 Å². The molecule has 156 valence electrons. The van der Waals surface area contributed by atoms with Gasteiger partial charge in [-0.05, 0) is 95.6 Å². The molecule has 0 bridgehead atoms. The second-order valence-electron chi connectivity index (χ2n) is 7.13. The van der Waals surface area contributed by atoms with Crippen LogP contribution in [-0.4, -0.2) is 16.9 Å². The number of carbonyl (C=O) groups excluding carboxylic acids is 2. The fourth-order valence-corrected chi connectivity index (χ4v) is 4.06. The molecule has 4 rings (SSSR count). The third-order valence-corrected chi connectivity index (χ3v) is 6.20. The average Bonchev–Trinajstić information content (AvgIpc) is 3.15. The summed E-state index contributed by atoms with van der Waals surface area (Å²) in [6, 6.07) is 14.6. The van der Waals surface area contributed by atoms with Crippen LogP contribution in [0.2, 0.25) is 5.02 Å². The van der Waals surface area contributed by atoms with Gasteiger partial charge in [-0.3, -0.25) is 19.8 Å². The quantitative estimate of drug-likeness (QED) is 0.272. The van der Waals surface area contributed by atoms with Crippen molar-refractivity contribution in [1.29, 1.82) is 0 Å². The van der Waals surface area contributed by atoms with Crippen LogP contribution in [0.15, 0.2) is 63.0 Å². The number of hydrogen-bond donors (Lipinski definition) is 1. The lowest BCUT2D eigenvalue weighted by Gasteiger charge is -2.29. The highest BCUT2D eigenvalue weighted by molar-refractivity contribution is 9.10. The first-order valence-electron chi connectivity index (χ1n) is 9.28. The number of rotatable bonds is 3. The Kier molecular flexibility index (Phi) is 5.83. The van der Waals surface area contributed by atoms with Gasteiger partial charge >= 0.3 is 0 Å². The molecular weight excluding hydrogens is 500 g/mol. The molecule has 0 atom stereocenters. The molecule has 2 aromatic carbocycles. The first kappa shape index (κ1) is 21.5. The molecule has 3 aromatic rings. The zero-order chi connectivity index (χ0) is 22.3. The van der Waals surface area contributed by atoms with Crippen LogP contribution in [0.4, 0.5) is 5.69 Å². The van der Waals surface area contributed by atoms with Gasteiger partial charge in [0, 0.05) is 10.0 Å². The summed E-state index contributed by atoms with van der Waals surface area (Å²) in [5.41, 5.74) is 3.27.